The number of aryl methyl sites for hydroxylation is 1. The quantitative estimate of drug-likeness (QED) is 0.410. The predicted molar refractivity (Wildman–Crippen MR) is 130 cm³/mol. The number of carbonyl (C=O) groups excluding carboxylic acids is 2. The number of nitrogens with zero attached hydrogens (tertiary/aromatic N) is 2. The van der Waals surface area contributed by atoms with Gasteiger partial charge in [-0.1, -0.05) is 63.4 Å². The van der Waals surface area contributed by atoms with Crippen molar-refractivity contribution in [3.05, 3.63) is 93.4 Å². The van der Waals surface area contributed by atoms with E-state index in [1.54, 1.807) is 60.7 Å². The molecule has 2 amide bonds. The smallest absolute Gasteiger partial charge is 0.252 e. The molecule has 6 nitrogen and oxygen atoms in total. The van der Waals surface area contributed by atoms with Crippen molar-refractivity contribution >= 4 is 55.1 Å². The Kier molecular flexibility index (Phi) is 6.72. The van der Waals surface area contributed by atoms with E-state index in [0.717, 1.165) is 19.2 Å². The molecule has 0 aromatic heterocycles. The summed E-state index contributed by atoms with van der Waals surface area (Å²) in [5.41, 5.74) is 1.93. The molecule has 3 aromatic carbocycles. The summed E-state index contributed by atoms with van der Waals surface area (Å²) in [7, 11) is -4.13. The van der Waals surface area contributed by atoms with Crippen LogP contribution in [0.15, 0.2) is 82.2 Å². The minimum atomic E-state index is -4.13. The number of sulfonamides is 1. The molecule has 1 aliphatic rings. The summed E-state index contributed by atoms with van der Waals surface area (Å²) in [6, 6.07) is 18.7. The normalized spacial score (nSPS) is 16.6. The fraction of sp³-hybridized carbons (Fsp3) is 0.167. The van der Waals surface area contributed by atoms with E-state index in [1.807, 2.05) is 6.92 Å². The van der Waals surface area contributed by atoms with E-state index < -0.39 is 27.9 Å². The number of amides is 2. The zero-order valence-electron chi connectivity index (χ0n) is 17.6. The van der Waals surface area contributed by atoms with Gasteiger partial charge in [0.2, 0.25) is 15.9 Å². The van der Waals surface area contributed by atoms with E-state index in [-0.39, 0.29) is 17.9 Å². The zero-order valence-corrected chi connectivity index (χ0v) is 20.8. The summed E-state index contributed by atoms with van der Waals surface area (Å²) in [4.78, 5) is 27.3. The topological polar surface area (TPSA) is 74.8 Å². The van der Waals surface area contributed by atoms with Crippen LogP contribution in [0, 0.1) is 6.92 Å². The van der Waals surface area contributed by atoms with Crippen LogP contribution < -0.4 is 4.90 Å². The number of benzene rings is 3. The summed E-state index contributed by atoms with van der Waals surface area (Å²) in [6.07, 6.45) is -0.257. The number of carbonyl (C=O) groups is 2. The van der Waals surface area contributed by atoms with Gasteiger partial charge in [-0.25, -0.2) is 13.3 Å². The molecule has 0 saturated carbocycles. The van der Waals surface area contributed by atoms with Crippen molar-refractivity contribution < 1.29 is 18.0 Å². The summed E-state index contributed by atoms with van der Waals surface area (Å²) in [5, 5.41) is 0.376. The summed E-state index contributed by atoms with van der Waals surface area (Å²) in [5.74, 6) is -1.04. The average Bonchev–Trinajstić information content (AvgIpc) is 3.07. The van der Waals surface area contributed by atoms with E-state index in [1.165, 1.54) is 12.1 Å². The Morgan fingerprint density at radius 3 is 2.27 bits per heavy atom. The standard InChI is InChI=1S/C24H20BrClN2O4S/c1-16-6-10-19(11-7-16)28-23(29)14-22(24(28)30)27(15-17-4-2-3-5-21(17)26)33(31,32)20-12-8-18(25)9-13-20/h2-13,22H,14-15H2,1H3. The maximum atomic E-state index is 13.7. The van der Waals surface area contributed by atoms with Crippen molar-refractivity contribution in [1.29, 1.82) is 0 Å². The molecular weight excluding hydrogens is 528 g/mol. The van der Waals surface area contributed by atoms with E-state index in [4.69, 9.17) is 11.6 Å². The van der Waals surface area contributed by atoms with Crippen molar-refractivity contribution in [3.8, 4) is 0 Å². The summed E-state index contributed by atoms with van der Waals surface area (Å²) in [6.45, 7) is 1.75. The highest BCUT2D eigenvalue weighted by Gasteiger charge is 2.47. The second kappa shape index (κ2) is 9.38. The minimum Gasteiger partial charge on any atom is -0.274 e. The van der Waals surface area contributed by atoms with Gasteiger partial charge in [0, 0.05) is 16.0 Å². The summed E-state index contributed by atoms with van der Waals surface area (Å²) >= 11 is 9.61. The van der Waals surface area contributed by atoms with Gasteiger partial charge in [0.05, 0.1) is 17.0 Å². The van der Waals surface area contributed by atoms with E-state index in [0.29, 0.717) is 16.3 Å². The fourth-order valence-corrected chi connectivity index (χ4v) is 5.72. The van der Waals surface area contributed by atoms with Crippen LogP contribution in [-0.4, -0.2) is 30.6 Å². The van der Waals surface area contributed by atoms with Crippen LogP contribution in [0.25, 0.3) is 0 Å². The van der Waals surface area contributed by atoms with Crippen molar-refractivity contribution in [3.63, 3.8) is 0 Å². The van der Waals surface area contributed by atoms with Gasteiger partial charge in [-0.3, -0.25) is 9.59 Å². The highest BCUT2D eigenvalue weighted by Crippen LogP contribution is 2.32. The SMILES string of the molecule is Cc1ccc(N2C(=O)CC(N(Cc3ccccc3Cl)S(=O)(=O)c3ccc(Br)cc3)C2=O)cc1. The molecule has 1 aliphatic heterocycles. The summed E-state index contributed by atoms with van der Waals surface area (Å²) < 4.78 is 29.1. The number of rotatable bonds is 6. The molecule has 1 atom stereocenters. The van der Waals surface area contributed by atoms with Gasteiger partial charge in [0.25, 0.3) is 5.91 Å². The molecule has 170 valence electrons. The maximum Gasteiger partial charge on any atom is 0.252 e. The van der Waals surface area contributed by atoms with Gasteiger partial charge in [-0.2, -0.15) is 4.31 Å². The Morgan fingerprint density at radius 1 is 1.00 bits per heavy atom. The fourth-order valence-electron chi connectivity index (χ4n) is 3.71. The Balaban J connectivity index is 1.77. The lowest BCUT2D eigenvalue weighted by molar-refractivity contribution is -0.122. The molecule has 1 unspecified atom stereocenters. The Hall–Kier alpha value is -2.52. The lowest BCUT2D eigenvalue weighted by Crippen LogP contribution is -2.45. The van der Waals surface area contributed by atoms with Crippen molar-refractivity contribution in [2.45, 2.75) is 30.8 Å². The third kappa shape index (κ3) is 4.75. The Morgan fingerprint density at radius 2 is 1.64 bits per heavy atom. The third-order valence-corrected chi connectivity index (χ3v) is 8.23. The van der Waals surface area contributed by atoms with Gasteiger partial charge < -0.3 is 0 Å². The molecule has 4 rings (SSSR count). The molecule has 1 heterocycles. The van der Waals surface area contributed by atoms with Crippen LogP contribution in [0.5, 0.6) is 0 Å². The molecular formula is C24H20BrClN2O4S. The molecule has 1 saturated heterocycles. The number of halogens is 2. The highest BCUT2D eigenvalue weighted by molar-refractivity contribution is 9.10. The Bertz CT molecular complexity index is 1310. The van der Waals surface area contributed by atoms with E-state index in [9.17, 15) is 18.0 Å². The van der Waals surface area contributed by atoms with Gasteiger partial charge in [0.15, 0.2) is 0 Å². The molecule has 3 aromatic rings. The lowest BCUT2D eigenvalue weighted by Gasteiger charge is -2.27. The van der Waals surface area contributed by atoms with Crippen LogP contribution in [-0.2, 0) is 26.2 Å². The maximum absolute atomic E-state index is 13.7. The number of anilines is 1. The first kappa shape index (κ1) is 23.6. The van der Waals surface area contributed by atoms with Crippen LogP contribution in [0.4, 0.5) is 5.69 Å². The van der Waals surface area contributed by atoms with Crippen molar-refractivity contribution in [2.75, 3.05) is 4.90 Å². The number of hydrogen-bond acceptors (Lipinski definition) is 4. The minimum absolute atomic E-state index is 0.0202. The second-order valence-corrected chi connectivity index (χ2v) is 10.9. The van der Waals surface area contributed by atoms with Gasteiger partial charge in [-0.15, -0.1) is 0 Å². The van der Waals surface area contributed by atoms with Gasteiger partial charge >= 0.3 is 0 Å². The molecule has 9 heteroatoms. The molecule has 0 aliphatic carbocycles. The van der Waals surface area contributed by atoms with Crippen molar-refractivity contribution in [1.82, 2.24) is 4.31 Å². The second-order valence-electron chi connectivity index (χ2n) is 7.72. The first-order valence-corrected chi connectivity index (χ1v) is 12.7. The first-order chi connectivity index (χ1) is 15.7. The van der Waals surface area contributed by atoms with Gasteiger partial charge in [0.1, 0.15) is 6.04 Å². The molecule has 33 heavy (non-hydrogen) atoms. The molecule has 0 radical (unpaired) electrons. The largest absolute Gasteiger partial charge is 0.274 e. The number of hydrogen-bond donors (Lipinski definition) is 0. The van der Waals surface area contributed by atoms with Gasteiger partial charge in [-0.05, 0) is 55.0 Å². The van der Waals surface area contributed by atoms with Crippen LogP contribution >= 0.6 is 27.5 Å². The van der Waals surface area contributed by atoms with Crippen LogP contribution in [0.1, 0.15) is 17.5 Å². The third-order valence-electron chi connectivity index (χ3n) is 5.47. The lowest BCUT2D eigenvalue weighted by atomic mass is 10.2. The van der Waals surface area contributed by atoms with Crippen molar-refractivity contribution in [2.24, 2.45) is 0 Å². The molecule has 0 spiro atoms. The van der Waals surface area contributed by atoms with Crippen LogP contribution in [0.3, 0.4) is 0 Å². The Labute approximate surface area is 206 Å². The molecule has 0 bridgehead atoms. The number of imide groups is 1. The van der Waals surface area contributed by atoms with Crippen LogP contribution in [0.2, 0.25) is 5.02 Å². The average molecular weight is 548 g/mol. The van der Waals surface area contributed by atoms with E-state index >= 15 is 0 Å². The molecule has 1 fully saturated rings. The predicted octanol–water partition coefficient (Wildman–Crippen LogP) is 4.93. The van der Waals surface area contributed by atoms with E-state index in [2.05, 4.69) is 15.9 Å². The monoisotopic (exact) mass is 546 g/mol. The highest BCUT2D eigenvalue weighted by atomic mass is 79.9. The first-order valence-electron chi connectivity index (χ1n) is 10.1. The zero-order chi connectivity index (χ0) is 23.8. The molecule has 0 N–H and O–H groups in total.